The van der Waals surface area contributed by atoms with Gasteiger partial charge in [-0.05, 0) is 66.6 Å². The molecule has 0 spiro atoms. The third kappa shape index (κ3) is 4.58. The van der Waals surface area contributed by atoms with Gasteiger partial charge in [0.15, 0.2) is 0 Å². The van der Waals surface area contributed by atoms with Crippen molar-refractivity contribution in [1.82, 2.24) is 14.9 Å². The third-order valence-corrected chi connectivity index (χ3v) is 7.32. The Labute approximate surface area is 206 Å². The maximum absolute atomic E-state index is 13.5. The van der Waals surface area contributed by atoms with Crippen LogP contribution < -0.4 is 15.8 Å². The van der Waals surface area contributed by atoms with E-state index < -0.39 is 0 Å². The summed E-state index contributed by atoms with van der Waals surface area (Å²) in [5.74, 6) is 0.430. The molecule has 1 unspecified atom stereocenters. The van der Waals surface area contributed by atoms with Gasteiger partial charge in [-0.1, -0.05) is 35.9 Å². The quantitative estimate of drug-likeness (QED) is 0.428. The molecule has 1 aliphatic heterocycles. The van der Waals surface area contributed by atoms with E-state index in [1.807, 2.05) is 66.9 Å². The van der Waals surface area contributed by atoms with Crippen LogP contribution >= 0.6 is 22.9 Å². The fourth-order valence-corrected chi connectivity index (χ4v) is 5.31. The largest absolute Gasteiger partial charge is 0.352 e. The highest BCUT2D eigenvalue weighted by atomic mass is 35.5. The lowest BCUT2D eigenvalue weighted by Gasteiger charge is -2.34. The monoisotopic (exact) mass is 492 g/mol. The van der Waals surface area contributed by atoms with Crippen molar-refractivity contribution in [2.24, 2.45) is 5.92 Å². The number of piperidine rings is 1. The van der Waals surface area contributed by atoms with Gasteiger partial charge < -0.3 is 10.2 Å². The first-order valence-electron chi connectivity index (χ1n) is 11.3. The van der Waals surface area contributed by atoms with Crippen molar-refractivity contribution in [3.63, 3.8) is 0 Å². The SMILES string of the molecule is Cc1cccc(-n2c(N3CCCC(C(=O)NCc4ccc(Cl)cc4)C3)nc3ccsc3c2=O)c1. The second-order valence-electron chi connectivity index (χ2n) is 8.66. The summed E-state index contributed by atoms with van der Waals surface area (Å²) in [6.45, 7) is 3.72. The zero-order chi connectivity index (χ0) is 23.7. The molecule has 1 saturated heterocycles. The Balaban J connectivity index is 1.43. The van der Waals surface area contributed by atoms with Crippen LogP contribution in [-0.2, 0) is 11.3 Å². The minimum Gasteiger partial charge on any atom is -0.352 e. The number of rotatable bonds is 5. The Hall–Kier alpha value is -3.16. The van der Waals surface area contributed by atoms with E-state index in [1.54, 1.807) is 4.57 Å². The number of nitrogens with one attached hydrogen (secondary N) is 1. The third-order valence-electron chi connectivity index (χ3n) is 6.18. The van der Waals surface area contributed by atoms with E-state index in [0.717, 1.165) is 36.2 Å². The number of aromatic nitrogens is 2. The second-order valence-corrected chi connectivity index (χ2v) is 10.0. The number of fused-ring (bicyclic) bond motifs is 1. The first-order chi connectivity index (χ1) is 16.5. The number of hydrogen-bond donors (Lipinski definition) is 1. The van der Waals surface area contributed by atoms with Gasteiger partial charge in [0.25, 0.3) is 5.56 Å². The summed E-state index contributed by atoms with van der Waals surface area (Å²) in [5, 5.41) is 5.62. The summed E-state index contributed by atoms with van der Waals surface area (Å²) in [5.41, 5.74) is 3.48. The van der Waals surface area contributed by atoms with Gasteiger partial charge in [0.2, 0.25) is 11.9 Å². The molecule has 5 rings (SSSR count). The van der Waals surface area contributed by atoms with E-state index in [4.69, 9.17) is 16.6 Å². The maximum Gasteiger partial charge on any atom is 0.277 e. The van der Waals surface area contributed by atoms with Crippen molar-refractivity contribution in [2.75, 3.05) is 18.0 Å². The van der Waals surface area contributed by atoms with Crippen LogP contribution in [-0.4, -0.2) is 28.5 Å². The van der Waals surface area contributed by atoms with Gasteiger partial charge in [0.05, 0.1) is 17.1 Å². The molecule has 6 nitrogen and oxygen atoms in total. The molecular weight excluding hydrogens is 468 g/mol. The van der Waals surface area contributed by atoms with Gasteiger partial charge in [-0.3, -0.25) is 9.59 Å². The average molecular weight is 493 g/mol. The molecule has 0 radical (unpaired) electrons. The standard InChI is InChI=1S/C26H25ClN4O2S/c1-17-4-2-6-21(14-17)31-25(33)23-22(11-13-34-23)29-26(31)30-12-3-5-19(16-30)24(32)28-15-18-7-9-20(27)10-8-18/h2,4,6-11,13-14,19H,3,5,12,15-16H2,1H3,(H,28,32). The predicted octanol–water partition coefficient (Wildman–Crippen LogP) is 4.94. The first-order valence-corrected chi connectivity index (χ1v) is 12.6. The van der Waals surface area contributed by atoms with Crippen LogP contribution in [0.25, 0.3) is 15.9 Å². The molecule has 1 aliphatic rings. The smallest absolute Gasteiger partial charge is 0.277 e. The zero-order valence-corrected chi connectivity index (χ0v) is 20.4. The van der Waals surface area contributed by atoms with Crippen molar-refractivity contribution >= 4 is 45.0 Å². The number of aryl methyl sites for hydroxylation is 1. The molecule has 8 heteroatoms. The summed E-state index contributed by atoms with van der Waals surface area (Å²) in [6.07, 6.45) is 1.66. The topological polar surface area (TPSA) is 67.2 Å². The second kappa shape index (κ2) is 9.60. The van der Waals surface area contributed by atoms with Gasteiger partial charge in [0, 0.05) is 24.7 Å². The number of nitrogens with zero attached hydrogens (tertiary/aromatic N) is 3. The maximum atomic E-state index is 13.5. The molecule has 1 fully saturated rings. The molecule has 1 atom stereocenters. The average Bonchev–Trinajstić information content (AvgIpc) is 3.33. The number of amides is 1. The lowest BCUT2D eigenvalue weighted by Crippen LogP contribution is -2.45. The summed E-state index contributed by atoms with van der Waals surface area (Å²) in [4.78, 5) is 33.4. The number of benzene rings is 2. The fourth-order valence-electron chi connectivity index (χ4n) is 4.42. The Morgan fingerprint density at radius 2 is 2.03 bits per heavy atom. The van der Waals surface area contributed by atoms with Crippen LogP contribution in [0.15, 0.2) is 64.8 Å². The van der Waals surface area contributed by atoms with E-state index in [2.05, 4.69) is 10.2 Å². The van der Waals surface area contributed by atoms with Gasteiger partial charge in [-0.2, -0.15) is 0 Å². The summed E-state index contributed by atoms with van der Waals surface area (Å²) < 4.78 is 2.33. The molecular formula is C26H25ClN4O2S. The minimum absolute atomic E-state index is 0.0145. The number of anilines is 1. The van der Waals surface area contributed by atoms with Gasteiger partial charge in [-0.25, -0.2) is 9.55 Å². The molecule has 2 aromatic carbocycles. The van der Waals surface area contributed by atoms with Crippen LogP contribution in [0.4, 0.5) is 5.95 Å². The molecule has 174 valence electrons. The number of carbonyl (C=O) groups excluding carboxylic acids is 1. The lowest BCUT2D eigenvalue weighted by molar-refractivity contribution is -0.125. The first kappa shape index (κ1) is 22.6. The van der Waals surface area contributed by atoms with E-state index in [-0.39, 0.29) is 17.4 Å². The number of carbonyl (C=O) groups is 1. The summed E-state index contributed by atoms with van der Waals surface area (Å²) in [7, 11) is 0. The molecule has 0 saturated carbocycles. The van der Waals surface area contributed by atoms with Crippen molar-refractivity contribution in [3.8, 4) is 5.69 Å². The van der Waals surface area contributed by atoms with E-state index in [0.29, 0.717) is 34.3 Å². The molecule has 3 heterocycles. The number of thiophene rings is 1. The highest BCUT2D eigenvalue weighted by Gasteiger charge is 2.29. The normalized spacial score (nSPS) is 16.1. The van der Waals surface area contributed by atoms with Crippen LogP contribution in [0.5, 0.6) is 0 Å². The Bertz CT molecular complexity index is 1400. The molecule has 34 heavy (non-hydrogen) atoms. The Morgan fingerprint density at radius 3 is 2.82 bits per heavy atom. The van der Waals surface area contributed by atoms with Crippen molar-refractivity contribution < 1.29 is 4.79 Å². The molecule has 0 aliphatic carbocycles. The van der Waals surface area contributed by atoms with Crippen LogP contribution in [0.3, 0.4) is 0 Å². The van der Waals surface area contributed by atoms with E-state index in [1.165, 1.54) is 11.3 Å². The molecule has 1 amide bonds. The number of hydrogen-bond acceptors (Lipinski definition) is 5. The summed E-state index contributed by atoms with van der Waals surface area (Å²) >= 11 is 7.36. The fraction of sp³-hybridized carbons (Fsp3) is 0.269. The molecule has 0 bridgehead atoms. The number of halogens is 1. The molecule has 2 aromatic heterocycles. The Morgan fingerprint density at radius 1 is 1.21 bits per heavy atom. The van der Waals surface area contributed by atoms with Gasteiger partial charge in [0.1, 0.15) is 4.70 Å². The van der Waals surface area contributed by atoms with Crippen LogP contribution in [0.2, 0.25) is 5.02 Å². The van der Waals surface area contributed by atoms with Crippen molar-refractivity contribution in [2.45, 2.75) is 26.3 Å². The molecule has 1 N–H and O–H groups in total. The lowest BCUT2D eigenvalue weighted by atomic mass is 9.97. The van der Waals surface area contributed by atoms with E-state index >= 15 is 0 Å². The summed E-state index contributed by atoms with van der Waals surface area (Å²) in [6, 6.07) is 17.2. The van der Waals surface area contributed by atoms with Gasteiger partial charge in [-0.15, -0.1) is 11.3 Å². The van der Waals surface area contributed by atoms with Crippen LogP contribution in [0, 0.1) is 12.8 Å². The highest BCUT2D eigenvalue weighted by Crippen LogP contribution is 2.27. The zero-order valence-electron chi connectivity index (χ0n) is 18.8. The minimum atomic E-state index is -0.179. The van der Waals surface area contributed by atoms with Gasteiger partial charge >= 0.3 is 0 Å². The van der Waals surface area contributed by atoms with Crippen molar-refractivity contribution in [1.29, 1.82) is 0 Å². The predicted molar refractivity (Wildman–Crippen MR) is 138 cm³/mol. The van der Waals surface area contributed by atoms with Crippen molar-refractivity contribution in [3.05, 3.63) is 86.5 Å². The molecule has 4 aromatic rings. The van der Waals surface area contributed by atoms with Crippen LogP contribution in [0.1, 0.15) is 24.0 Å². The van der Waals surface area contributed by atoms with E-state index in [9.17, 15) is 9.59 Å². The highest BCUT2D eigenvalue weighted by molar-refractivity contribution is 7.17. The Kier molecular flexibility index (Phi) is 6.39.